The van der Waals surface area contributed by atoms with E-state index in [1.807, 2.05) is 36.4 Å². The molecular weight excluding hydrogens is 370 g/mol. The minimum Gasteiger partial charge on any atom is -0.455 e. The minimum absolute atomic E-state index is 0.895. The predicted molar refractivity (Wildman–Crippen MR) is 121 cm³/mol. The van der Waals surface area contributed by atoms with E-state index >= 15 is 0 Å². The number of hydrogen-bond acceptors (Lipinski definition) is 3. The number of para-hydroxylation sites is 4. The Morgan fingerprint density at radius 1 is 0.667 bits per heavy atom. The van der Waals surface area contributed by atoms with E-state index in [1.54, 1.807) is 0 Å². The monoisotopic (exact) mass is 383 g/mol. The van der Waals surface area contributed by atoms with Crippen molar-refractivity contribution in [2.24, 2.45) is 0 Å². The first-order chi connectivity index (χ1) is 14.9. The van der Waals surface area contributed by atoms with Crippen molar-refractivity contribution >= 4 is 71.3 Å². The molecule has 0 N–H and O–H groups in total. The summed E-state index contributed by atoms with van der Waals surface area (Å²) in [6, 6.07) is 27.0. The number of benzene rings is 4. The van der Waals surface area contributed by atoms with Crippen LogP contribution in [0.4, 0.5) is 0 Å². The van der Waals surface area contributed by atoms with Gasteiger partial charge in [-0.1, -0.05) is 48.5 Å². The molecule has 4 aromatic carbocycles. The number of aromatic nitrogens is 3. The normalized spacial score (nSPS) is 12.7. The van der Waals surface area contributed by atoms with Gasteiger partial charge in [-0.25, -0.2) is 9.97 Å². The highest BCUT2D eigenvalue weighted by Crippen LogP contribution is 2.44. The van der Waals surface area contributed by atoms with Gasteiger partial charge in [0.05, 0.1) is 27.5 Å². The van der Waals surface area contributed by atoms with Gasteiger partial charge in [0.2, 0.25) is 0 Å². The Labute approximate surface area is 169 Å². The third-order valence-electron chi connectivity index (χ3n) is 6.30. The Morgan fingerprint density at radius 2 is 1.40 bits per heavy atom. The van der Waals surface area contributed by atoms with Crippen molar-refractivity contribution in [3.8, 4) is 0 Å². The van der Waals surface area contributed by atoms with Crippen molar-refractivity contribution in [1.29, 1.82) is 0 Å². The van der Waals surface area contributed by atoms with Crippen LogP contribution in [0.2, 0.25) is 0 Å². The lowest BCUT2D eigenvalue weighted by Gasteiger charge is -2.00. The summed E-state index contributed by atoms with van der Waals surface area (Å²) >= 11 is 0. The first-order valence-electron chi connectivity index (χ1n) is 10.0. The molecule has 0 aliphatic carbocycles. The maximum absolute atomic E-state index is 6.39. The molecule has 0 saturated heterocycles. The van der Waals surface area contributed by atoms with Crippen molar-refractivity contribution in [3.05, 3.63) is 78.9 Å². The molecule has 4 heterocycles. The first kappa shape index (κ1) is 14.8. The van der Waals surface area contributed by atoms with Crippen LogP contribution in [-0.4, -0.2) is 14.4 Å². The zero-order valence-corrected chi connectivity index (χ0v) is 15.8. The summed E-state index contributed by atoms with van der Waals surface area (Å²) in [6.07, 6.45) is 0. The molecule has 4 aromatic heterocycles. The number of fused-ring (bicyclic) bond motifs is 11. The van der Waals surface area contributed by atoms with Crippen LogP contribution in [0, 0.1) is 0 Å². The summed E-state index contributed by atoms with van der Waals surface area (Å²) in [5, 5.41) is 5.69. The summed E-state index contributed by atoms with van der Waals surface area (Å²) < 4.78 is 8.64. The van der Waals surface area contributed by atoms with Gasteiger partial charge < -0.3 is 4.42 Å². The first-order valence-corrected chi connectivity index (χ1v) is 10.0. The number of hydrogen-bond donors (Lipinski definition) is 0. The molecule has 0 radical (unpaired) electrons. The molecular formula is C26H13N3O. The SMILES string of the molecule is c1ccc2nc3c(nc2c1)c1cc2c4ccccc4oc2c2c4ccccc4n3c12. The average Bonchev–Trinajstić information content (AvgIpc) is 3.43. The summed E-state index contributed by atoms with van der Waals surface area (Å²) in [6.45, 7) is 0. The summed E-state index contributed by atoms with van der Waals surface area (Å²) in [7, 11) is 0. The van der Waals surface area contributed by atoms with Crippen LogP contribution in [0.15, 0.2) is 83.3 Å². The van der Waals surface area contributed by atoms with E-state index in [-0.39, 0.29) is 0 Å². The molecule has 0 aliphatic rings. The lowest BCUT2D eigenvalue weighted by atomic mass is 10.0. The maximum Gasteiger partial charge on any atom is 0.165 e. The average molecular weight is 383 g/mol. The standard InChI is InChI=1S/C26H13N3O/c1-5-11-20-15(8-1)22-24-17(13-16-14-7-2-6-12-21(14)30-25(16)22)23-26(29(20)24)28-19-10-4-3-9-18(19)27-23/h1-13H. The lowest BCUT2D eigenvalue weighted by molar-refractivity contribution is 0.673. The molecule has 0 saturated carbocycles. The van der Waals surface area contributed by atoms with Crippen molar-refractivity contribution in [1.82, 2.24) is 14.4 Å². The van der Waals surface area contributed by atoms with Gasteiger partial charge in [-0.05, 0) is 30.3 Å². The topological polar surface area (TPSA) is 43.3 Å². The highest BCUT2D eigenvalue weighted by Gasteiger charge is 2.24. The van der Waals surface area contributed by atoms with Gasteiger partial charge in [-0.3, -0.25) is 4.40 Å². The number of nitrogens with zero attached hydrogens (tertiary/aromatic N) is 3. The van der Waals surface area contributed by atoms with Crippen molar-refractivity contribution in [3.63, 3.8) is 0 Å². The molecule has 0 unspecified atom stereocenters. The van der Waals surface area contributed by atoms with Gasteiger partial charge in [-0.2, -0.15) is 0 Å². The van der Waals surface area contributed by atoms with Crippen molar-refractivity contribution in [2.75, 3.05) is 0 Å². The fraction of sp³-hybridized carbons (Fsp3) is 0. The number of rotatable bonds is 0. The molecule has 0 spiro atoms. The van der Waals surface area contributed by atoms with Crippen LogP contribution in [0.1, 0.15) is 0 Å². The van der Waals surface area contributed by atoms with Crippen LogP contribution in [-0.2, 0) is 0 Å². The molecule has 0 amide bonds. The molecule has 0 fully saturated rings. The van der Waals surface area contributed by atoms with E-state index in [4.69, 9.17) is 14.4 Å². The largest absolute Gasteiger partial charge is 0.455 e. The molecule has 8 aromatic rings. The smallest absolute Gasteiger partial charge is 0.165 e. The van der Waals surface area contributed by atoms with E-state index in [1.165, 1.54) is 5.39 Å². The Kier molecular flexibility index (Phi) is 2.39. The second kappa shape index (κ2) is 4.86. The molecule has 4 heteroatoms. The molecule has 0 atom stereocenters. The lowest BCUT2D eigenvalue weighted by Crippen LogP contribution is -1.88. The van der Waals surface area contributed by atoms with Crippen LogP contribution in [0.25, 0.3) is 71.3 Å². The highest BCUT2D eigenvalue weighted by atomic mass is 16.3. The van der Waals surface area contributed by atoms with Crippen LogP contribution >= 0.6 is 0 Å². The van der Waals surface area contributed by atoms with E-state index in [9.17, 15) is 0 Å². The minimum atomic E-state index is 0.895. The van der Waals surface area contributed by atoms with E-state index in [0.29, 0.717) is 0 Å². The van der Waals surface area contributed by atoms with Crippen molar-refractivity contribution < 1.29 is 4.42 Å². The molecule has 0 aliphatic heterocycles. The van der Waals surface area contributed by atoms with Crippen LogP contribution < -0.4 is 0 Å². The number of furan rings is 1. The Hall–Kier alpha value is -4.18. The fourth-order valence-electron chi connectivity index (χ4n) is 5.06. The van der Waals surface area contributed by atoms with Crippen LogP contribution in [0.5, 0.6) is 0 Å². The summed E-state index contributed by atoms with van der Waals surface area (Å²) in [5.74, 6) is 0. The zero-order chi connectivity index (χ0) is 19.4. The summed E-state index contributed by atoms with van der Waals surface area (Å²) in [4.78, 5) is 10.1. The van der Waals surface area contributed by atoms with E-state index in [0.717, 1.165) is 65.9 Å². The quantitative estimate of drug-likeness (QED) is 0.293. The van der Waals surface area contributed by atoms with Crippen LogP contribution in [0.3, 0.4) is 0 Å². The Bertz CT molecular complexity index is 1950. The predicted octanol–water partition coefficient (Wildman–Crippen LogP) is 6.68. The van der Waals surface area contributed by atoms with Gasteiger partial charge in [0, 0.05) is 21.5 Å². The molecule has 8 rings (SSSR count). The molecule has 0 bridgehead atoms. The highest BCUT2D eigenvalue weighted by molar-refractivity contribution is 6.32. The second-order valence-corrected chi connectivity index (χ2v) is 7.86. The Balaban J connectivity index is 1.78. The van der Waals surface area contributed by atoms with E-state index in [2.05, 4.69) is 46.9 Å². The van der Waals surface area contributed by atoms with Gasteiger partial charge in [0.1, 0.15) is 16.7 Å². The third kappa shape index (κ3) is 1.57. The molecule has 4 nitrogen and oxygen atoms in total. The molecule has 138 valence electrons. The fourth-order valence-corrected chi connectivity index (χ4v) is 5.06. The van der Waals surface area contributed by atoms with Gasteiger partial charge >= 0.3 is 0 Å². The van der Waals surface area contributed by atoms with Gasteiger partial charge in [0.15, 0.2) is 5.65 Å². The van der Waals surface area contributed by atoms with Crippen molar-refractivity contribution in [2.45, 2.75) is 0 Å². The van der Waals surface area contributed by atoms with E-state index < -0.39 is 0 Å². The Morgan fingerprint density at radius 3 is 2.30 bits per heavy atom. The third-order valence-corrected chi connectivity index (χ3v) is 6.30. The second-order valence-electron chi connectivity index (χ2n) is 7.86. The van der Waals surface area contributed by atoms with Gasteiger partial charge in [-0.15, -0.1) is 0 Å². The maximum atomic E-state index is 6.39. The summed E-state index contributed by atoms with van der Waals surface area (Å²) in [5.41, 5.74) is 7.76. The molecule has 30 heavy (non-hydrogen) atoms. The van der Waals surface area contributed by atoms with Gasteiger partial charge in [0.25, 0.3) is 0 Å². The zero-order valence-electron chi connectivity index (χ0n) is 15.8.